The van der Waals surface area contributed by atoms with Crippen molar-refractivity contribution in [3.63, 3.8) is 0 Å². The molecule has 0 aliphatic heterocycles. The van der Waals surface area contributed by atoms with E-state index in [0.717, 1.165) is 34.0 Å². The predicted molar refractivity (Wildman–Crippen MR) is 94.2 cm³/mol. The number of H-pyrrole nitrogens is 1. The Morgan fingerprint density at radius 2 is 2.11 bits per heavy atom. The molecular formula is C16H11F3N4O2S2. The average molecular weight is 412 g/mol. The summed E-state index contributed by atoms with van der Waals surface area (Å²) in [6, 6.07) is 7.69. The number of alkyl halides is 3. The second kappa shape index (κ2) is 6.91. The molecular weight excluding hydrogens is 401 g/mol. The van der Waals surface area contributed by atoms with Crippen molar-refractivity contribution < 1.29 is 21.9 Å². The van der Waals surface area contributed by atoms with E-state index in [2.05, 4.69) is 24.4 Å². The van der Waals surface area contributed by atoms with E-state index in [-0.39, 0.29) is 5.69 Å². The number of fused-ring (bicyclic) bond motifs is 1. The largest absolute Gasteiger partial charge is 0.452 e. The van der Waals surface area contributed by atoms with E-state index in [1.165, 1.54) is 0 Å². The molecule has 6 nitrogen and oxygen atoms in total. The molecule has 2 N–H and O–H groups in total. The number of pyridine rings is 1. The molecule has 0 saturated carbocycles. The molecule has 0 aliphatic carbocycles. The van der Waals surface area contributed by atoms with E-state index in [1.54, 1.807) is 24.5 Å². The maximum absolute atomic E-state index is 12.6. The second-order valence-electron chi connectivity index (χ2n) is 5.49. The first kappa shape index (κ1) is 17.9. The molecule has 4 rings (SSSR count). The number of hydrogen-bond donors (Lipinski definition) is 2. The molecule has 0 amide bonds. The molecule has 11 heteroatoms. The molecule has 0 bridgehead atoms. The first-order valence-electron chi connectivity index (χ1n) is 7.62. The molecule has 4 aromatic rings. The normalized spacial score (nSPS) is 13.3. The average Bonchev–Trinajstić information content (AvgIpc) is 3.38. The lowest BCUT2D eigenvalue weighted by Crippen LogP contribution is -2.16. The van der Waals surface area contributed by atoms with Gasteiger partial charge in [-0.2, -0.15) is 13.2 Å². The molecule has 4 heterocycles. The zero-order valence-corrected chi connectivity index (χ0v) is 15.0. The Morgan fingerprint density at radius 1 is 1.26 bits per heavy atom. The van der Waals surface area contributed by atoms with E-state index in [0.29, 0.717) is 15.6 Å². The summed E-state index contributed by atoms with van der Waals surface area (Å²) in [5.41, 5.74) is 1.72. The van der Waals surface area contributed by atoms with Crippen LogP contribution in [0.4, 0.5) is 13.2 Å². The third kappa shape index (κ3) is 3.66. The van der Waals surface area contributed by atoms with Gasteiger partial charge in [-0.3, -0.25) is 0 Å². The molecule has 0 saturated heterocycles. The highest BCUT2D eigenvalue weighted by Gasteiger charge is 2.36. The summed E-state index contributed by atoms with van der Waals surface area (Å²) in [7, 11) is -1.52. The van der Waals surface area contributed by atoms with Gasteiger partial charge in [-0.1, -0.05) is 5.16 Å². The van der Waals surface area contributed by atoms with Crippen LogP contribution in [-0.4, -0.2) is 19.3 Å². The Hall–Kier alpha value is -2.50. The van der Waals surface area contributed by atoms with Crippen LogP contribution in [0.15, 0.2) is 51.5 Å². The molecule has 0 aromatic carbocycles. The number of aromatic amines is 1. The molecule has 1 unspecified atom stereocenters. The summed E-state index contributed by atoms with van der Waals surface area (Å²) in [5.74, 6) is -1.17. The van der Waals surface area contributed by atoms with Crippen molar-refractivity contribution in [1.29, 1.82) is 0 Å². The van der Waals surface area contributed by atoms with Gasteiger partial charge in [-0.15, -0.1) is 11.3 Å². The SMILES string of the molecule is O=S(NCc1ccnc2[nH]ccc12)c1ccc(-c2cc(C(F)(F)F)on2)s1. The lowest BCUT2D eigenvalue weighted by atomic mass is 10.2. The molecule has 0 radical (unpaired) electrons. The van der Waals surface area contributed by atoms with Crippen molar-refractivity contribution in [3.05, 3.63) is 54.0 Å². The molecule has 1 atom stereocenters. The molecule has 0 spiro atoms. The highest BCUT2D eigenvalue weighted by atomic mass is 32.2. The number of aromatic nitrogens is 3. The van der Waals surface area contributed by atoms with Gasteiger partial charge < -0.3 is 9.51 Å². The lowest BCUT2D eigenvalue weighted by molar-refractivity contribution is -0.155. The predicted octanol–water partition coefficient (Wildman–Crippen LogP) is 4.11. The zero-order chi connectivity index (χ0) is 19.0. The van der Waals surface area contributed by atoms with Crippen molar-refractivity contribution in [2.45, 2.75) is 16.9 Å². The number of nitrogens with one attached hydrogen (secondary N) is 2. The summed E-state index contributed by atoms with van der Waals surface area (Å²) in [6.07, 6.45) is -1.16. The van der Waals surface area contributed by atoms with Gasteiger partial charge in [0.05, 0.1) is 4.88 Å². The highest BCUT2D eigenvalue weighted by molar-refractivity contribution is 7.85. The van der Waals surface area contributed by atoms with Gasteiger partial charge in [0.1, 0.15) is 26.5 Å². The summed E-state index contributed by atoms with van der Waals surface area (Å²) in [6.45, 7) is 0.346. The van der Waals surface area contributed by atoms with E-state index >= 15 is 0 Å². The summed E-state index contributed by atoms with van der Waals surface area (Å²) in [5, 5.41) is 4.36. The van der Waals surface area contributed by atoms with E-state index < -0.39 is 22.9 Å². The van der Waals surface area contributed by atoms with Gasteiger partial charge >= 0.3 is 6.18 Å². The van der Waals surface area contributed by atoms with Crippen LogP contribution >= 0.6 is 11.3 Å². The van der Waals surface area contributed by atoms with Crippen LogP contribution in [0.3, 0.4) is 0 Å². The number of thiophene rings is 1. The summed E-state index contributed by atoms with van der Waals surface area (Å²) >= 11 is 1.09. The van der Waals surface area contributed by atoms with Crippen LogP contribution in [-0.2, 0) is 23.7 Å². The number of rotatable bonds is 5. The Balaban J connectivity index is 1.47. The first-order valence-corrected chi connectivity index (χ1v) is 9.59. The van der Waals surface area contributed by atoms with Crippen molar-refractivity contribution in [2.75, 3.05) is 0 Å². The number of hydrogen-bond acceptors (Lipinski definition) is 5. The third-order valence-corrected chi connectivity index (χ3v) is 6.26. The van der Waals surface area contributed by atoms with Crippen LogP contribution in [0.25, 0.3) is 21.6 Å². The Morgan fingerprint density at radius 3 is 2.89 bits per heavy atom. The standard InChI is InChI=1S/C16H11F3N4O2S2/c17-16(18,19)13-7-11(23-25-13)12-1-2-14(26-12)27(24)22-8-9-3-5-20-15-10(9)4-6-21-15/h1-7,22H,8H2,(H,20,21). The molecule has 0 fully saturated rings. The van der Waals surface area contributed by atoms with Crippen molar-refractivity contribution in [2.24, 2.45) is 0 Å². The minimum absolute atomic E-state index is 0.0544. The van der Waals surface area contributed by atoms with E-state index in [9.17, 15) is 17.4 Å². The maximum Gasteiger partial charge on any atom is 0.452 e. The van der Waals surface area contributed by atoms with E-state index in [4.69, 9.17) is 0 Å². The first-order chi connectivity index (χ1) is 12.9. The van der Waals surface area contributed by atoms with Crippen LogP contribution < -0.4 is 4.72 Å². The van der Waals surface area contributed by atoms with Crippen molar-refractivity contribution in [1.82, 2.24) is 19.8 Å². The fourth-order valence-corrected chi connectivity index (χ4v) is 4.53. The van der Waals surface area contributed by atoms with Crippen LogP contribution in [0.1, 0.15) is 11.3 Å². The van der Waals surface area contributed by atoms with Gasteiger partial charge in [-0.05, 0) is 29.8 Å². The van der Waals surface area contributed by atoms with Gasteiger partial charge in [0.2, 0.25) is 5.76 Å². The van der Waals surface area contributed by atoms with E-state index in [1.807, 2.05) is 12.1 Å². The number of nitrogens with zero attached hydrogens (tertiary/aromatic N) is 2. The molecule has 140 valence electrons. The molecule has 27 heavy (non-hydrogen) atoms. The summed E-state index contributed by atoms with van der Waals surface area (Å²) in [4.78, 5) is 7.64. The fraction of sp³-hybridized carbons (Fsp3) is 0.125. The highest BCUT2D eigenvalue weighted by Crippen LogP contribution is 2.34. The smallest absolute Gasteiger partial charge is 0.351 e. The quantitative estimate of drug-likeness (QED) is 0.517. The van der Waals surface area contributed by atoms with Gasteiger partial charge in [-0.25, -0.2) is 13.9 Å². The minimum atomic E-state index is -4.59. The lowest BCUT2D eigenvalue weighted by Gasteiger charge is -2.04. The van der Waals surface area contributed by atoms with Crippen LogP contribution in [0, 0.1) is 0 Å². The number of halogens is 3. The third-order valence-electron chi connectivity index (χ3n) is 3.75. The topological polar surface area (TPSA) is 83.8 Å². The van der Waals surface area contributed by atoms with Crippen LogP contribution in [0.2, 0.25) is 0 Å². The van der Waals surface area contributed by atoms with Crippen molar-refractivity contribution >= 4 is 33.4 Å². The molecule has 4 aromatic heterocycles. The van der Waals surface area contributed by atoms with Gasteiger partial charge in [0.25, 0.3) is 0 Å². The Labute approximate surface area is 157 Å². The Bertz CT molecular complexity index is 1120. The molecule has 0 aliphatic rings. The van der Waals surface area contributed by atoms with Gasteiger partial charge in [0.15, 0.2) is 0 Å². The monoisotopic (exact) mass is 412 g/mol. The maximum atomic E-state index is 12.6. The zero-order valence-electron chi connectivity index (χ0n) is 13.4. The second-order valence-corrected chi connectivity index (χ2v) is 8.10. The van der Waals surface area contributed by atoms with Crippen LogP contribution in [0.5, 0.6) is 0 Å². The Kier molecular flexibility index (Phi) is 4.58. The van der Waals surface area contributed by atoms with Crippen molar-refractivity contribution in [3.8, 4) is 10.6 Å². The summed E-state index contributed by atoms with van der Waals surface area (Å²) < 4.78 is 58.0. The fourth-order valence-electron chi connectivity index (χ4n) is 2.47. The van der Waals surface area contributed by atoms with Gasteiger partial charge in [0, 0.05) is 30.4 Å². The minimum Gasteiger partial charge on any atom is -0.351 e.